The summed E-state index contributed by atoms with van der Waals surface area (Å²) in [5.74, 6) is 0.428. The van der Waals surface area contributed by atoms with Gasteiger partial charge in [-0.3, -0.25) is 9.59 Å². The largest absolute Gasteiger partial charge is 0.356 e. The van der Waals surface area contributed by atoms with Crippen LogP contribution in [0.4, 0.5) is 11.5 Å². The van der Waals surface area contributed by atoms with Gasteiger partial charge in [0, 0.05) is 29.6 Å². The molecule has 2 N–H and O–H groups in total. The van der Waals surface area contributed by atoms with Crippen molar-refractivity contribution in [3.05, 3.63) is 83.0 Å². The fourth-order valence-electron chi connectivity index (χ4n) is 4.70. The molecule has 0 radical (unpaired) electrons. The van der Waals surface area contributed by atoms with Crippen LogP contribution in [-0.2, 0) is 9.59 Å². The number of rotatable bonds is 6. The van der Waals surface area contributed by atoms with Crippen molar-refractivity contribution in [1.29, 1.82) is 0 Å². The molecule has 3 heterocycles. The van der Waals surface area contributed by atoms with E-state index < -0.39 is 6.04 Å². The molecule has 2 aromatic heterocycles. The van der Waals surface area contributed by atoms with Gasteiger partial charge in [-0.2, -0.15) is 0 Å². The first-order valence-corrected chi connectivity index (χ1v) is 13.0. The van der Waals surface area contributed by atoms with Crippen LogP contribution in [0.2, 0.25) is 0 Å². The van der Waals surface area contributed by atoms with Gasteiger partial charge in [0.05, 0.1) is 5.39 Å². The number of hydrogen-bond acceptors (Lipinski definition) is 6. The second kappa shape index (κ2) is 10.5. The molecule has 184 valence electrons. The van der Waals surface area contributed by atoms with E-state index in [2.05, 4.69) is 39.3 Å². The number of hydrogen-bond donors (Lipinski definition) is 2. The Labute approximate surface area is 214 Å². The lowest BCUT2D eigenvalue weighted by atomic mass is 9.94. The van der Waals surface area contributed by atoms with Crippen molar-refractivity contribution in [1.82, 2.24) is 15.3 Å². The van der Waals surface area contributed by atoms with Gasteiger partial charge in [-0.05, 0) is 49.9 Å². The number of aryl methyl sites for hydroxylation is 2. The summed E-state index contributed by atoms with van der Waals surface area (Å²) in [7, 11) is 0. The van der Waals surface area contributed by atoms with Gasteiger partial charge in [-0.1, -0.05) is 48.5 Å². The minimum atomic E-state index is -0.769. The van der Waals surface area contributed by atoms with Crippen LogP contribution in [0.3, 0.4) is 0 Å². The number of piperidine rings is 1. The monoisotopic (exact) mass is 499 g/mol. The van der Waals surface area contributed by atoms with E-state index in [-0.39, 0.29) is 17.7 Å². The van der Waals surface area contributed by atoms with Crippen molar-refractivity contribution >= 4 is 44.9 Å². The Bertz CT molecular complexity index is 1360. The highest BCUT2D eigenvalue weighted by atomic mass is 32.1. The second-order valence-electron chi connectivity index (χ2n) is 9.13. The number of nitrogens with one attached hydrogen (secondary N) is 2. The number of benzene rings is 2. The topological polar surface area (TPSA) is 87.2 Å². The van der Waals surface area contributed by atoms with E-state index in [9.17, 15) is 9.59 Å². The number of fused-ring (bicyclic) bond motifs is 1. The highest BCUT2D eigenvalue weighted by Gasteiger charge is 2.31. The Morgan fingerprint density at radius 3 is 2.33 bits per heavy atom. The molecule has 1 unspecified atom stereocenters. The summed E-state index contributed by atoms with van der Waals surface area (Å²) < 4.78 is 0. The minimum absolute atomic E-state index is 0.0953. The van der Waals surface area contributed by atoms with Gasteiger partial charge in [0.25, 0.3) is 5.91 Å². The zero-order valence-electron chi connectivity index (χ0n) is 20.4. The first-order chi connectivity index (χ1) is 17.5. The minimum Gasteiger partial charge on any atom is -0.356 e. The number of carbonyl (C=O) groups is 2. The fraction of sp³-hybridized carbons (Fsp3) is 0.286. The smallest absolute Gasteiger partial charge is 0.251 e. The van der Waals surface area contributed by atoms with Gasteiger partial charge in [-0.15, -0.1) is 11.3 Å². The molecule has 7 nitrogen and oxygen atoms in total. The first kappa shape index (κ1) is 23.9. The number of aromatic nitrogens is 2. The van der Waals surface area contributed by atoms with E-state index in [0.717, 1.165) is 34.7 Å². The van der Waals surface area contributed by atoms with Crippen LogP contribution in [0.15, 0.2) is 67.0 Å². The van der Waals surface area contributed by atoms with E-state index in [1.165, 1.54) is 10.4 Å². The number of carbonyl (C=O) groups excluding carboxylic acids is 2. The SMILES string of the molecule is Cc1sc2ncnc(N3CCC(C(=O)NC(C(=O)Nc4ccccc4)c4ccccc4)CC3)c2c1C. The molecular weight excluding hydrogens is 470 g/mol. The van der Waals surface area contributed by atoms with Crippen LogP contribution in [0, 0.1) is 19.8 Å². The lowest BCUT2D eigenvalue weighted by Crippen LogP contribution is -2.44. The lowest BCUT2D eigenvalue weighted by molar-refractivity contribution is -0.129. The molecular formula is C28H29N5O2S. The van der Waals surface area contributed by atoms with Gasteiger partial charge in [0.1, 0.15) is 23.0 Å². The van der Waals surface area contributed by atoms with Crippen LogP contribution in [0.25, 0.3) is 10.2 Å². The molecule has 4 aromatic rings. The zero-order chi connectivity index (χ0) is 25.1. The van der Waals surface area contributed by atoms with Crippen LogP contribution in [0.5, 0.6) is 0 Å². The van der Waals surface area contributed by atoms with E-state index >= 15 is 0 Å². The predicted molar refractivity (Wildman–Crippen MR) is 144 cm³/mol. The average Bonchev–Trinajstić information content (AvgIpc) is 3.21. The first-order valence-electron chi connectivity index (χ1n) is 12.2. The molecule has 1 atom stereocenters. The molecule has 2 aromatic carbocycles. The summed E-state index contributed by atoms with van der Waals surface area (Å²) in [5.41, 5.74) is 2.67. The Morgan fingerprint density at radius 1 is 0.972 bits per heavy atom. The normalized spacial score (nSPS) is 15.0. The van der Waals surface area contributed by atoms with Gasteiger partial charge in [0.15, 0.2) is 0 Å². The molecule has 0 bridgehead atoms. The molecule has 5 rings (SSSR count). The average molecular weight is 500 g/mol. The maximum absolute atomic E-state index is 13.3. The molecule has 1 saturated heterocycles. The summed E-state index contributed by atoms with van der Waals surface area (Å²) in [4.78, 5) is 40.0. The maximum atomic E-state index is 13.3. The number of para-hydroxylation sites is 1. The van der Waals surface area contributed by atoms with E-state index in [4.69, 9.17) is 0 Å². The Hall–Kier alpha value is -3.78. The van der Waals surface area contributed by atoms with E-state index in [1.54, 1.807) is 17.7 Å². The molecule has 1 fully saturated rings. The van der Waals surface area contributed by atoms with Gasteiger partial charge in [-0.25, -0.2) is 9.97 Å². The van der Waals surface area contributed by atoms with Crippen molar-refractivity contribution in [2.45, 2.75) is 32.7 Å². The predicted octanol–water partition coefficient (Wildman–Crippen LogP) is 5.02. The Kier molecular flexibility index (Phi) is 6.95. The number of anilines is 2. The zero-order valence-corrected chi connectivity index (χ0v) is 21.2. The van der Waals surface area contributed by atoms with Crippen LogP contribution < -0.4 is 15.5 Å². The molecule has 0 spiro atoms. The fourth-order valence-corrected chi connectivity index (χ4v) is 5.69. The quantitative estimate of drug-likeness (QED) is 0.389. The van der Waals surface area contributed by atoms with E-state index in [0.29, 0.717) is 18.5 Å². The molecule has 8 heteroatoms. The molecule has 1 aliphatic heterocycles. The van der Waals surface area contributed by atoms with Crippen LogP contribution in [-0.4, -0.2) is 34.9 Å². The molecule has 2 amide bonds. The molecule has 0 aliphatic carbocycles. The Balaban J connectivity index is 1.28. The number of nitrogens with zero attached hydrogens (tertiary/aromatic N) is 3. The van der Waals surface area contributed by atoms with Crippen molar-refractivity contribution in [2.75, 3.05) is 23.3 Å². The molecule has 0 saturated carbocycles. The molecule has 36 heavy (non-hydrogen) atoms. The van der Waals surface area contributed by atoms with Gasteiger partial charge >= 0.3 is 0 Å². The summed E-state index contributed by atoms with van der Waals surface area (Å²) in [6, 6.07) is 17.9. The van der Waals surface area contributed by atoms with Crippen molar-refractivity contribution < 1.29 is 9.59 Å². The summed E-state index contributed by atoms with van der Waals surface area (Å²) >= 11 is 1.69. The van der Waals surface area contributed by atoms with Gasteiger partial charge in [0.2, 0.25) is 5.91 Å². The number of thiophene rings is 1. The van der Waals surface area contributed by atoms with Crippen molar-refractivity contribution in [3.63, 3.8) is 0 Å². The summed E-state index contributed by atoms with van der Waals surface area (Å²) in [5, 5.41) is 7.07. The van der Waals surface area contributed by atoms with Gasteiger partial charge < -0.3 is 15.5 Å². The van der Waals surface area contributed by atoms with Crippen molar-refractivity contribution in [3.8, 4) is 0 Å². The van der Waals surface area contributed by atoms with Crippen molar-refractivity contribution in [2.24, 2.45) is 5.92 Å². The third-order valence-corrected chi connectivity index (χ3v) is 7.95. The maximum Gasteiger partial charge on any atom is 0.251 e. The van der Waals surface area contributed by atoms with Crippen LogP contribution in [0.1, 0.15) is 34.9 Å². The summed E-state index contributed by atoms with van der Waals surface area (Å²) in [6.45, 7) is 5.68. The highest BCUT2D eigenvalue weighted by molar-refractivity contribution is 7.18. The second-order valence-corrected chi connectivity index (χ2v) is 10.3. The number of amides is 2. The standard InChI is InChI=1S/C28H29N5O2S/c1-18-19(2)36-28-23(18)25(29-17-30-28)33-15-13-21(14-16-33)26(34)32-24(20-9-5-3-6-10-20)27(35)31-22-11-7-4-8-12-22/h3-12,17,21,24H,13-16H2,1-2H3,(H,31,35)(H,32,34). The highest BCUT2D eigenvalue weighted by Crippen LogP contribution is 2.35. The third-order valence-electron chi connectivity index (χ3n) is 6.83. The third kappa shape index (κ3) is 4.95. The lowest BCUT2D eigenvalue weighted by Gasteiger charge is -2.33. The van der Waals surface area contributed by atoms with E-state index in [1.807, 2.05) is 60.7 Å². The molecule has 1 aliphatic rings. The van der Waals surface area contributed by atoms with Crippen LogP contribution >= 0.6 is 11.3 Å². The summed E-state index contributed by atoms with van der Waals surface area (Å²) in [6.07, 6.45) is 3.02. The Morgan fingerprint density at radius 2 is 1.64 bits per heavy atom.